The quantitative estimate of drug-likeness (QED) is 0.493. The van der Waals surface area contributed by atoms with E-state index in [1.807, 2.05) is 63.2 Å². The Morgan fingerprint density at radius 3 is 2.32 bits per heavy atom. The van der Waals surface area contributed by atoms with Crippen LogP contribution in [0.3, 0.4) is 0 Å². The molecule has 0 saturated carbocycles. The van der Waals surface area contributed by atoms with Crippen LogP contribution in [0.4, 0.5) is 0 Å². The molecule has 2 rings (SSSR count). The van der Waals surface area contributed by atoms with E-state index in [0.717, 1.165) is 29.5 Å². The van der Waals surface area contributed by atoms with Crippen LogP contribution in [0.1, 0.15) is 49.8 Å². The van der Waals surface area contributed by atoms with Gasteiger partial charge in [-0.15, -0.1) is 0 Å². The highest BCUT2D eigenvalue weighted by Crippen LogP contribution is 2.26. The third-order valence-corrected chi connectivity index (χ3v) is 5.78. The van der Waals surface area contributed by atoms with Crippen LogP contribution in [-0.4, -0.2) is 35.9 Å². The van der Waals surface area contributed by atoms with Gasteiger partial charge in [-0.3, -0.25) is 9.59 Å². The number of aryl methyl sites for hydroxylation is 2. The summed E-state index contributed by atoms with van der Waals surface area (Å²) in [6.45, 7) is 8.61. The van der Waals surface area contributed by atoms with Gasteiger partial charge in [0, 0.05) is 18.1 Å². The first-order valence-electron chi connectivity index (χ1n) is 10.9. The molecule has 0 fully saturated rings. The largest absolute Gasteiger partial charge is 0.484 e. The molecule has 2 aromatic rings. The number of rotatable bonds is 11. The lowest BCUT2D eigenvalue weighted by molar-refractivity contribution is -0.143. The summed E-state index contributed by atoms with van der Waals surface area (Å²) in [5.74, 6) is 0.234. The third-order valence-electron chi connectivity index (χ3n) is 5.18. The average molecular weight is 445 g/mol. The molecule has 0 unspecified atom stereocenters. The van der Waals surface area contributed by atoms with E-state index in [-0.39, 0.29) is 18.4 Å². The zero-order valence-electron chi connectivity index (χ0n) is 18.9. The number of hydrogen-bond acceptors (Lipinski definition) is 3. The zero-order valence-corrected chi connectivity index (χ0v) is 19.7. The lowest BCUT2D eigenvalue weighted by atomic mass is 10.1. The summed E-state index contributed by atoms with van der Waals surface area (Å²) in [5.41, 5.74) is 2.76. The molecule has 0 aromatic heterocycles. The molecule has 0 spiro atoms. The van der Waals surface area contributed by atoms with E-state index in [0.29, 0.717) is 30.3 Å². The first kappa shape index (κ1) is 24.7. The maximum Gasteiger partial charge on any atom is 0.261 e. The van der Waals surface area contributed by atoms with Crippen molar-refractivity contribution in [3.05, 3.63) is 64.2 Å². The SMILES string of the molecule is CCCCNC(=O)[C@H](CC)N(Cc1ccccc1)C(=O)COc1cc(C)c(Cl)c(C)c1. The molecule has 0 aliphatic heterocycles. The molecule has 0 saturated heterocycles. The second-order valence-electron chi connectivity index (χ2n) is 7.74. The van der Waals surface area contributed by atoms with Gasteiger partial charge in [-0.05, 0) is 55.5 Å². The molecule has 0 aliphatic rings. The third kappa shape index (κ3) is 7.28. The molecule has 0 aliphatic carbocycles. The highest BCUT2D eigenvalue weighted by molar-refractivity contribution is 6.32. The van der Waals surface area contributed by atoms with Crippen molar-refractivity contribution in [1.29, 1.82) is 0 Å². The van der Waals surface area contributed by atoms with E-state index in [1.54, 1.807) is 4.90 Å². The molecule has 6 heteroatoms. The number of carbonyl (C=O) groups is 2. The summed E-state index contributed by atoms with van der Waals surface area (Å²) >= 11 is 6.23. The summed E-state index contributed by atoms with van der Waals surface area (Å²) in [7, 11) is 0. The van der Waals surface area contributed by atoms with Crippen molar-refractivity contribution in [3.8, 4) is 5.75 Å². The monoisotopic (exact) mass is 444 g/mol. The van der Waals surface area contributed by atoms with Gasteiger partial charge in [0.15, 0.2) is 6.61 Å². The van der Waals surface area contributed by atoms with Gasteiger partial charge in [0.2, 0.25) is 5.91 Å². The number of hydrogen-bond donors (Lipinski definition) is 1. The average Bonchev–Trinajstić information content (AvgIpc) is 2.76. The van der Waals surface area contributed by atoms with Crippen LogP contribution < -0.4 is 10.1 Å². The van der Waals surface area contributed by atoms with Crippen molar-refractivity contribution in [1.82, 2.24) is 10.2 Å². The Hall–Kier alpha value is -2.53. The van der Waals surface area contributed by atoms with Gasteiger partial charge in [-0.2, -0.15) is 0 Å². The fourth-order valence-corrected chi connectivity index (χ4v) is 3.53. The van der Waals surface area contributed by atoms with Crippen molar-refractivity contribution in [3.63, 3.8) is 0 Å². The second-order valence-corrected chi connectivity index (χ2v) is 8.11. The van der Waals surface area contributed by atoms with E-state index >= 15 is 0 Å². The van der Waals surface area contributed by atoms with Crippen LogP contribution in [0.5, 0.6) is 5.75 Å². The Kier molecular flexibility index (Phi) is 9.86. The molecule has 5 nitrogen and oxygen atoms in total. The number of nitrogens with one attached hydrogen (secondary N) is 1. The van der Waals surface area contributed by atoms with Crippen LogP contribution >= 0.6 is 11.6 Å². The fourth-order valence-electron chi connectivity index (χ4n) is 3.42. The number of amides is 2. The van der Waals surface area contributed by atoms with Crippen LogP contribution in [0.25, 0.3) is 0 Å². The van der Waals surface area contributed by atoms with E-state index in [4.69, 9.17) is 16.3 Å². The predicted molar refractivity (Wildman–Crippen MR) is 125 cm³/mol. The number of ether oxygens (including phenoxy) is 1. The Balaban J connectivity index is 2.17. The normalized spacial score (nSPS) is 11.6. The highest BCUT2D eigenvalue weighted by atomic mass is 35.5. The van der Waals surface area contributed by atoms with E-state index in [1.165, 1.54) is 0 Å². The molecule has 2 amide bonds. The van der Waals surface area contributed by atoms with Gasteiger partial charge in [0.1, 0.15) is 11.8 Å². The predicted octanol–water partition coefficient (Wildman–Crippen LogP) is 5.06. The van der Waals surface area contributed by atoms with E-state index in [9.17, 15) is 9.59 Å². The van der Waals surface area contributed by atoms with Gasteiger partial charge in [-0.1, -0.05) is 62.2 Å². The highest BCUT2D eigenvalue weighted by Gasteiger charge is 2.28. The Morgan fingerprint density at radius 2 is 1.74 bits per heavy atom. The van der Waals surface area contributed by atoms with Crippen molar-refractivity contribution in [2.45, 2.75) is 59.5 Å². The standard InChI is InChI=1S/C25H33ClN2O3/c1-5-7-13-27-25(30)22(6-2)28(16-20-11-9-8-10-12-20)23(29)17-31-21-14-18(3)24(26)19(4)15-21/h8-12,14-15,22H,5-7,13,16-17H2,1-4H3,(H,27,30)/t22-/m0/s1. The van der Waals surface area contributed by atoms with Gasteiger partial charge < -0.3 is 15.0 Å². The topological polar surface area (TPSA) is 58.6 Å². The second kappa shape index (κ2) is 12.4. The maximum atomic E-state index is 13.2. The Bertz CT molecular complexity index is 847. The summed E-state index contributed by atoms with van der Waals surface area (Å²) in [5, 5.41) is 3.66. The summed E-state index contributed by atoms with van der Waals surface area (Å²) < 4.78 is 5.79. The first-order valence-corrected chi connectivity index (χ1v) is 11.3. The molecule has 0 radical (unpaired) electrons. The van der Waals surface area contributed by atoms with Gasteiger partial charge in [0.25, 0.3) is 5.91 Å². The molecule has 2 aromatic carbocycles. The molecule has 1 N–H and O–H groups in total. The van der Waals surface area contributed by atoms with Crippen LogP contribution in [-0.2, 0) is 16.1 Å². The molecule has 1 atom stereocenters. The number of unbranched alkanes of at least 4 members (excludes halogenated alkanes) is 1. The molecule has 0 heterocycles. The van der Waals surface area contributed by atoms with Crippen LogP contribution in [0.2, 0.25) is 5.02 Å². The van der Waals surface area contributed by atoms with Gasteiger partial charge in [0.05, 0.1) is 0 Å². The maximum absolute atomic E-state index is 13.2. The lowest BCUT2D eigenvalue weighted by Crippen LogP contribution is -2.50. The number of halogens is 1. The Labute approximate surface area is 190 Å². The molecular formula is C25H33ClN2O3. The smallest absolute Gasteiger partial charge is 0.261 e. The minimum Gasteiger partial charge on any atom is -0.484 e. The van der Waals surface area contributed by atoms with Gasteiger partial charge in [-0.25, -0.2) is 0 Å². The van der Waals surface area contributed by atoms with Crippen molar-refractivity contribution in [2.75, 3.05) is 13.2 Å². The molecule has 31 heavy (non-hydrogen) atoms. The van der Waals surface area contributed by atoms with Crippen LogP contribution in [0.15, 0.2) is 42.5 Å². The Morgan fingerprint density at radius 1 is 1.10 bits per heavy atom. The van der Waals surface area contributed by atoms with Gasteiger partial charge >= 0.3 is 0 Å². The summed E-state index contributed by atoms with van der Waals surface area (Å²) in [6, 6.07) is 12.8. The van der Waals surface area contributed by atoms with Crippen LogP contribution in [0, 0.1) is 13.8 Å². The number of benzene rings is 2. The van der Waals surface area contributed by atoms with E-state index in [2.05, 4.69) is 12.2 Å². The van der Waals surface area contributed by atoms with Crippen molar-refractivity contribution < 1.29 is 14.3 Å². The molecule has 0 bridgehead atoms. The first-order chi connectivity index (χ1) is 14.9. The minimum atomic E-state index is -0.554. The van der Waals surface area contributed by atoms with Crippen molar-refractivity contribution in [2.24, 2.45) is 0 Å². The minimum absolute atomic E-state index is 0.126. The van der Waals surface area contributed by atoms with Crippen molar-refractivity contribution >= 4 is 23.4 Å². The molecular weight excluding hydrogens is 412 g/mol. The fraction of sp³-hybridized carbons (Fsp3) is 0.440. The molecule has 168 valence electrons. The van der Waals surface area contributed by atoms with E-state index < -0.39 is 6.04 Å². The summed E-state index contributed by atoms with van der Waals surface area (Å²) in [6.07, 6.45) is 2.43. The summed E-state index contributed by atoms with van der Waals surface area (Å²) in [4.78, 5) is 27.6. The zero-order chi connectivity index (χ0) is 22.8. The number of nitrogens with zero attached hydrogens (tertiary/aromatic N) is 1. The lowest BCUT2D eigenvalue weighted by Gasteiger charge is -2.30. The number of carbonyl (C=O) groups excluding carboxylic acids is 2.